The largest absolute Gasteiger partial charge is 0.345 e. The third-order valence-corrected chi connectivity index (χ3v) is 4.30. The van der Waals surface area contributed by atoms with Crippen LogP contribution in [-0.4, -0.2) is 35.9 Å². The molecule has 4 heteroatoms. The molecule has 0 aliphatic carbocycles. The fraction of sp³-hybridized carbons (Fsp3) is 0.529. The SMILES string of the molecule is CCCCN(C)C(=O)CSc1ccc(C(=O)C(C)C)cc1. The Kier molecular flexibility index (Phi) is 7.51. The highest BCUT2D eigenvalue weighted by atomic mass is 32.2. The van der Waals surface area contributed by atoms with Gasteiger partial charge in [-0.05, 0) is 18.6 Å². The minimum atomic E-state index is 0.0114. The van der Waals surface area contributed by atoms with Gasteiger partial charge in [-0.3, -0.25) is 9.59 Å². The lowest BCUT2D eigenvalue weighted by Gasteiger charge is -2.16. The summed E-state index contributed by atoms with van der Waals surface area (Å²) in [5.74, 6) is 0.757. The average molecular weight is 307 g/mol. The second-order valence-electron chi connectivity index (χ2n) is 5.50. The van der Waals surface area contributed by atoms with Crippen molar-refractivity contribution in [2.45, 2.75) is 38.5 Å². The molecule has 116 valence electrons. The van der Waals surface area contributed by atoms with Crippen molar-refractivity contribution in [1.82, 2.24) is 4.90 Å². The van der Waals surface area contributed by atoms with Crippen LogP contribution in [0.15, 0.2) is 29.2 Å². The first-order chi connectivity index (χ1) is 9.95. The number of nitrogens with zero attached hydrogens (tertiary/aromatic N) is 1. The number of carbonyl (C=O) groups is 2. The first-order valence-electron chi connectivity index (χ1n) is 7.46. The first kappa shape index (κ1) is 17.8. The van der Waals surface area contributed by atoms with Crippen molar-refractivity contribution in [3.63, 3.8) is 0 Å². The van der Waals surface area contributed by atoms with Gasteiger partial charge in [0.25, 0.3) is 0 Å². The number of amides is 1. The van der Waals surface area contributed by atoms with Crippen LogP contribution in [0.1, 0.15) is 44.0 Å². The molecular formula is C17H25NO2S. The van der Waals surface area contributed by atoms with E-state index in [1.807, 2.05) is 45.2 Å². The number of benzene rings is 1. The van der Waals surface area contributed by atoms with Gasteiger partial charge in [0.1, 0.15) is 0 Å². The Hall–Kier alpha value is -1.29. The highest BCUT2D eigenvalue weighted by Gasteiger charge is 2.11. The number of thioether (sulfide) groups is 1. The Balaban J connectivity index is 2.49. The molecule has 3 nitrogen and oxygen atoms in total. The van der Waals surface area contributed by atoms with Gasteiger partial charge in [0.05, 0.1) is 5.75 Å². The fourth-order valence-corrected chi connectivity index (χ4v) is 2.66. The van der Waals surface area contributed by atoms with Gasteiger partial charge < -0.3 is 4.90 Å². The Morgan fingerprint density at radius 2 is 1.81 bits per heavy atom. The average Bonchev–Trinajstić information content (AvgIpc) is 2.49. The topological polar surface area (TPSA) is 37.4 Å². The molecule has 0 spiro atoms. The summed E-state index contributed by atoms with van der Waals surface area (Å²) >= 11 is 1.52. The summed E-state index contributed by atoms with van der Waals surface area (Å²) in [6.45, 7) is 6.73. The van der Waals surface area contributed by atoms with E-state index >= 15 is 0 Å². The molecule has 0 aromatic heterocycles. The molecule has 1 aromatic rings. The van der Waals surface area contributed by atoms with Gasteiger partial charge in [0.2, 0.25) is 5.91 Å². The molecule has 0 atom stereocenters. The molecule has 0 unspecified atom stereocenters. The summed E-state index contributed by atoms with van der Waals surface area (Å²) in [4.78, 5) is 26.6. The number of hydrogen-bond donors (Lipinski definition) is 0. The van der Waals surface area contributed by atoms with Crippen LogP contribution in [0.4, 0.5) is 0 Å². The number of hydrogen-bond acceptors (Lipinski definition) is 3. The Morgan fingerprint density at radius 3 is 2.33 bits per heavy atom. The van der Waals surface area contributed by atoms with E-state index in [-0.39, 0.29) is 17.6 Å². The molecule has 0 saturated heterocycles. The third-order valence-electron chi connectivity index (χ3n) is 3.30. The third kappa shape index (κ3) is 5.92. The van der Waals surface area contributed by atoms with Gasteiger partial charge in [0, 0.05) is 30.0 Å². The molecule has 1 aromatic carbocycles. The molecular weight excluding hydrogens is 282 g/mol. The maximum absolute atomic E-state index is 11.9. The Morgan fingerprint density at radius 1 is 1.19 bits per heavy atom. The van der Waals surface area contributed by atoms with Crippen molar-refractivity contribution < 1.29 is 9.59 Å². The zero-order valence-electron chi connectivity index (χ0n) is 13.4. The molecule has 0 fully saturated rings. The van der Waals surface area contributed by atoms with Crippen LogP contribution >= 0.6 is 11.8 Å². The van der Waals surface area contributed by atoms with Gasteiger partial charge in [-0.1, -0.05) is 39.3 Å². The number of ketones is 1. The van der Waals surface area contributed by atoms with E-state index in [9.17, 15) is 9.59 Å². The summed E-state index contributed by atoms with van der Waals surface area (Å²) in [5, 5.41) is 0. The lowest BCUT2D eigenvalue weighted by atomic mass is 10.0. The molecule has 0 aliphatic rings. The monoisotopic (exact) mass is 307 g/mol. The highest BCUT2D eigenvalue weighted by molar-refractivity contribution is 8.00. The molecule has 1 amide bonds. The smallest absolute Gasteiger partial charge is 0.232 e. The summed E-state index contributed by atoms with van der Waals surface area (Å²) in [5.41, 5.74) is 0.737. The molecule has 0 bridgehead atoms. The second kappa shape index (κ2) is 8.88. The van der Waals surface area contributed by atoms with Gasteiger partial charge in [0.15, 0.2) is 5.78 Å². The molecule has 0 N–H and O–H groups in total. The van der Waals surface area contributed by atoms with E-state index in [4.69, 9.17) is 0 Å². The van der Waals surface area contributed by atoms with E-state index in [1.54, 1.807) is 4.90 Å². The van der Waals surface area contributed by atoms with Gasteiger partial charge >= 0.3 is 0 Å². The van der Waals surface area contributed by atoms with Crippen LogP contribution < -0.4 is 0 Å². The van der Waals surface area contributed by atoms with Crippen LogP contribution in [0.3, 0.4) is 0 Å². The van der Waals surface area contributed by atoms with Crippen molar-refractivity contribution in [3.8, 4) is 0 Å². The Labute approximate surface area is 132 Å². The van der Waals surface area contributed by atoms with Crippen LogP contribution in [-0.2, 0) is 4.79 Å². The maximum atomic E-state index is 11.9. The fourth-order valence-electron chi connectivity index (χ4n) is 1.82. The van der Waals surface area contributed by atoms with Crippen LogP contribution in [0.2, 0.25) is 0 Å². The quantitative estimate of drug-likeness (QED) is 0.540. The summed E-state index contributed by atoms with van der Waals surface area (Å²) in [6, 6.07) is 7.52. The van der Waals surface area contributed by atoms with E-state index in [0.29, 0.717) is 5.75 Å². The Bertz CT molecular complexity index is 468. The van der Waals surface area contributed by atoms with Crippen LogP contribution in [0, 0.1) is 5.92 Å². The van der Waals surface area contributed by atoms with Crippen LogP contribution in [0.25, 0.3) is 0 Å². The minimum Gasteiger partial charge on any atom is -0.345 e. The van der Waals surface area contributed by atoms with Gasteiger partial charge in [-0.25, -0.2) is 0 Å². The number of rotatable bonds is 8. The first-order valence-corrected chi connectivity index (χ1v) is 8.45. The van der Waals surface area contributed by atoms with Gasteiger partial charge in [-0.15, -0.1) is 11.8 Å². The highest BCUT2D eigenvalue weighted by Crippen LogP contribution is 2.20. The molecule has 0 saturated carbocycles. The van der Waals surface area contributed by atoms with E-state index in [1.165, 1.54) is 11.8 Å². The van der Waals surface area contributed by atoms with E-state index < -0.39 is 0 Å². The molecule has 0 radical (unpaired) electrons. The van der Waals surface area contributed by atoms with Crippen molar-refractivity contribution >= 4 is 23.5 Å². The summed E-state index contributed by atoms with van der Waals surface area (Å²) in [6.07, 6.45) is 2.13. The number of unbranched alkanes of at least 4 members (excludes halogenated alkanes) is 1. The molecule has 0 aliphatic heterocycles. The summed E-state index contributed by atoms with van der Waals surface area (Å²) < 4.78 is 0. The van der Waals surface area contributed by atoms with Crippen LogP contribution in [0.5, 0.6) is 0 Å². The van der Waals surface area contributed by atoms with Gasteiger partial charge in [-0.2, -0.15) is 0 Å². The number of Topliss-reactive ketones (excluding diaryl/α,β-unsaturated/α-hetero) is 1. The van der Waals surface area contributed by atoms with E-state index in [0.717, 1.165) is 29.8 Å². The molecule has 0 heterocycles. The van der Waals surface area contributed by atoms with E-state index in [2.05, 4.69) is 6.92 Å². The zero-order chi connectivity index (χ0) is 15.8. The lowest BCUT2D eigenvalue weighted by molar-refractivity contribution is -0.127. The van der Waals surface area contributed by atoms with Crippen molar-refractivity contribution in [2.75, 3.05) is 19.3 Å². The minimum absolute atomic E-state index is 0.0114. The van der Waals surface area contributed by atoms with Crippen molar-refractivity contribution in [1.29, 1.82) is 0 Å². The number of carbonyl (C=O) groups excluding carboxylic acids is 2. The summed E-state index contributed by atoms with van der Waals surface area (Å²) in [7, 11) is 1.85. The standard InChI is InChI=1S/C17H25NO2S/c1-5-6-11-18(4)16(19)12-21-15-9-7-14(8-10-15)17(20)13(2)3/h7-10,13H,5-6,11-12H2,1-4H3. The van der Waals surface area contributed by atoms with Crippen molar-refractivity contribution in [3.05, 3.63) is 29.8 Å². The zero-order valence-corrected chi connectivity index (χ0v) is 14.2. The molecule has 1 rings (SSSR count). The maximum Gasteiger partial charge on any atom is 0.232 e. The normalized spacial score (nSPS) is 10.7. The second-order valence-corrected chi connectivity index (χ2v) is 6.55. The predicted octanol–water partition coefficient (Wildman–Crippen LogP) is 3.88. The predicted molar refractivity (Wildman–Crippen MR) is 88.9 cm³/mol. The lowest BCUT2D eigenvalue weighted by Crippen LogP contribution is -2.29. The van der Waals surface area contributed by atoms with Crippen molar-refractivity contribution in [2.24, 2.45) is 5.92 Å². The molecule has 21 heavy (non-hydrogen) atoms.